The van der Waals surface area contributed by atoms with E-state index >= 15 is 0 Å². The molecule has 0 aromatic heterocycles. The summed E-state index contributed by atoms with van der Waals surface area (Å²) in [6, 6.07) is 6.03. The molecule has 0 saturated carbocycles. The van der Waals surface area contributed by atoms with Gasteiger partial charge in [0.2, 0.25) is 0 Å². The lowest BCUT2D eigenvalue weighted by Gasteiger charge is -2.14. The van der Waals surface area contributed by atoms with Crippen LogP contribution in [0.2, 0.25) is 0 Å². The summed E-state index contributed by atoms with van der Waals surface area (Å²) >= 11 is 0. The van der Waals surface area contributed by atoms with E-state index in [1.807, 2.05) is 25.1 Å². The normalized spacial score (nSPS) is 10.4. The zero-order valence-electron chi connectivity index (χ0n) is 13.4. The van der Waals surface area contributed by atoms with Crippen molar-refractivity contribution in [3.05, 3.63) is 35.9 Å². The summed E-state index contributed by atoms with van der Waals surface area (Å²) in [5.41, 5.74) is 2.24. The second kappa shape index (κ2) is 10.2. The van der Waals surface area contributed by atoms with Gasteiger partial charge in [-0.2, -0.15) is 0 Å². The van der Waals surface area contributed by atoms with Gasteiger partial charge in [-0.25, -0.2) is 0 Å². The van der Waals surface area contributed by atoms with Gasteiger partial charge in [-0.15, -0.1) is 0 Å². The third kappa shape index (κ3) is 6.65. The van der Waals surface area contributed by atoms with Gasteiger partial charge in [0.05, 0.1) is 13.2 Å². The van der Waals surface area contributed by atoms with E-state index in [9.17, 15) is 0 Å². The summed E-state index contributed by atoms with van der Waals surface area (Å²) in [6.45, 7) is 11.5. The number of benzene rings is 1. The van der Waals surface area contributed by atoms with Crippen LogP contribution in [-0.2, 0) is 11.3 Å². The van der Waals surface area contributed by atoms with Gasteiger partial charge in [-0.3, -0.25) is 0 Å². The third-order valence-corrected chi connectivity index (χ3v) is 3.05. The fourth-order valence-electron chi connectivity index (χ4n) is 1.74. The molecule has 0 bridgehead atoms. The second-order valence-electron chi connectivity index (χ2n) is 4.78. The van der Waals surface area contributed by atoms with E-state index < -0.39 is 0 Å². The molecule has 0 aliphatic carbocycles. The predicted molar refractivity (Wildman–Crippen MR) is 86.1 cm³/mol. The van der Waals surface area contributed by atoms with Crippen LogP contribution in [0.3, 0.4) is 0 Å². The van der Waals surface area contributed by atoms with Crippen molar-refractivity contribution in [3.8, 4) is 11.5 Å². The number of rotatable bonds is 11. The van der Waals surface area contributed by atoms with Crippen molar-refractivity contribution in [2.45, 2.75) is 26.8 Å². The minimum Gasteiger partial charge on any atom is -0.490 e. The number of nitrogens with one attached hydrogen (secondary N) is 1. The zero-order chi connectivity index (χ0) is 15.5. The molecule has 0 heterocycles. The topological polar surface area (TPSA) is 39.7 Å². The molecule has 4 nitrogen and oxygen atoms in total. The molecular formula is C17H27NO3. The Hall–Kier alpha value is -1.52. The van der Waals surface area contributed by atoms with Crippen molar-refractivity contribution in [2.24, 2.45) is 0 Å². The first-order valence-corrected chi connectivity index (χ1v) is 7.46. The minimum atomic E-state index is 0.530. The number of hydrogen-bond acceptors (Lipinski definition) is 4. The molecule has 0 radical (unpaired) electrons. The molecule has 0 fully saturated rings. The quantitative estimate of drug-likeness (QED) is 0.502. The lowest BCUT2D eigenvalue weighted by molar-refractivity contribution is 0.199. The number of hydrogen-bond donors (Lipinski definition) is 1. The molecule has 4 heteroatoms. The highest BCUT2D eigenvalue weighted by atomic mass is 16.5. The van der Waals surface area contributed by atoms with Gasteiger partial charge in [0.25, 0.3) is 0 Å². The standard InChI is InChI=1S/C17H27NO3/c1-5-14(3)13-21-16-8-7-15(11-17(16)20-6-2)12-18-9-10-19-4/h7-8,11,18H,3,5-6,9-10,12-13H2,1-2,4H3. The zero-order valence-corrected chi connectivity index (χ0v) is 13.4. The molecular weight excluding hydrogens is 266 g/mol. The van der Waals surface area contributed by atoms with Gasteiger partial charge >= 0.3 is 0 Å². The van der Waals surface area contributed by atoms with E-state index in [0.717, 1.165) is 42.1 Å². The fraction of sp³-hybridized carbons (Fsp3) is 0.529. The Bertz CT molecular complexity index is 432. The maximum atomic E-state index is 5.78. The summed E-state index contributed by atoms with van der Waals surface area (Å²) in [7, 11) is 1.70. The molecule has 0 spiro atoms. The smallest absolute Gasteiger partial charge is 0.161 e. The van der Waals surface area contributed by atoms with E-state index in [4.69, 9.17) is 14.2 Å². The maximum absolute atomic E-state index is 5.78. The first kappa shape index (κ1) is 17.5. The summed E-state index contributed by atoms with van der Waals surface area (Å²) in [4.78, 5) is 0. The monoisotopic (exact) mass is 293 g/mol. The summed E-state index contributed by atoms with van der Waals surface area (Å²) < 4.78 is 16.5. The van der Waals surface area contributed by atoms with E-state index in [1.165, 1.54) is 0 Å². The van der Waals surface area contributed by atoms with E-state index in [2.05, 4.69) is 18.8 Å². The molecule has 0 aliphatic rings. The highest BCUT2D eigenvalue weighted by molar-refractivity contribution is 5.43. The Morgan fingerprint density at radius 1 is 1.19 bits per heavy atom. The average molecular weight is 293 g/mol. The van der Waals surface area contributed by atoms with Gasteiger partial charge in [-0.05, 0) is 36.6 Å². The highest BCUT2D eigenvalue weighted by Crippen LogP contribution is 2.29. The Labute approximate surface area is 128 Å². The van der Waals surface area contributed by atoms with Crippen LogP contribution in [0.4, 0.5) is 0 Å². The van der Waals surface area contributed by atoms with Crippen LogP contribution >= 0.6 is 0 Å². The Morgan fingerprint density at radius 2 is 2.00 bits per heavy atom. The van der Waals surface area contributed by atoms with E-state index in [1.54, 1.807) is 7.11 Å². The number of methoxy groups -OCH3 is 1. The van der Waals surface area contributed by atoms with Crippen LogP contribution in [0.5, 0.6) is 11.5 Å². The van der Waals surface area contributed by atoms with Gasteiger partial charge in [0.1, 0.15) is 6.61 Å². The van der Waals surface area contributed by atoms with Crippen LogP contribution in [-0.4, -0.2) is 33.5 Å². The molecule has 1 rings (SSSR count). The summed E-state index contributed by atoms with van der Waals surface area (Å²) in [6.07, 6.45) is 0.922. The van der Waals surface area contributed by atoms with Gasteiger partial charge in [0, 0.05) is 20.2 Å². The van der Waals surface area contributed by atoms with Crippen LogP contribution in [0.15, 0.2) is 30.4 Å². The van der Waals surface area contributed by atoms with Gasteiger partial charge in [0.15, 0.2) is 11.5 Å². The lowest BCUT2D eigenvalue weighted by Crippen LogP contribution is -2.18. The summed E-state index contributed by atoms with van der Waals surface area (Å²) in [5.74, 6) is 1.56. The second-order valence-corrected chi connectivity index (χ2v) is 4.78. The molecule has 1 aromatic rings. The largest absolute Gasteiger partial charge is 0.490 e. The molecule has 21 heavy (non-hydrogen) atoms. The highest BCUT2D eigenvalue weighted by Gasteiger charge is 2.07. The van der Waals surface area contributed by atoms with Crippen molar-refractivity contribution in [1.29, 1.82) is 0 Å². The molecule has 118 valence electrons. The first-order chi connectivity index (χ1) is 10.2. The molecule has 1 N–H and O–H groups in total. The van der Waals surface area contributed by atoms with Crippen molar-refractivity contribution in [3.63, 3.8) is 0 Å². The van der Waals surface area contributed by atoms with Gasteiger partial charge < -0.3 is 19.5 Å². The number of ether oxygens (including phenoxy) is 3. The van der Waals surface area contributed by atoms with Crippen molar-refractivity contribution >= 4 is 0 Å². The predicted octanol–water partition coefficient (Wildman–Crippen LogP) is 3.17. The van der Waals surface area contributed by atoms with Crippen LogP contribution in [0, 0.1) is 0 Å². The van der Waals surface area contributed by atoms with Crippen LogP contribution < -0.4 is 14.8 Å². The Morgan fingerprint density at radius 3 is 2.67 bits per heavy atom. The first-order valence-electron chi connectivity index (χ1n) is 7.46. The van der Waals surface area contributed by atoms with Crippen molar-refractivity contribution < 1.29 is 14.2 Å². The lowest BCUT2D eigenvalue weighted by atomic mass is 10.2. The van der Waals surface area contributed by atoms with Crippen molar-refractivity contribution in [2.75, 3.05) is 33.5 Å². The van der Waals surface area contributed by atoms with E-state index in [0.29, 0.717) is 19.8 Å². The Kier molecular flexibility index (Phi) is 8.55. The van der Waals surface area contributed by atoms with Crippen LogP contribution in [0.25, 0.3) is 0 Å². The maximum Gasteiger partial charge on any atom is 0.161 e. The molecule has 1 aromatic carbocycles. The fourth-order valence-corrected chi connectivity index (χ4v) is 1.74. The molecule has 0 saturated heterocycles. The van der Waals surface area contributed by atoms with E-state index in [-0.39, 0.29) is 0 Å². The molecule has 0 amide bonds. The van der Waals surface area contributed by atoms with Gasteiger partial charge in [-0.1, -0.05) is 19.6 Å². The summed E-state index contributed by atoms with van der Waals surface area (Å²) in [5, 5.41) is 3.32. The third-order valence-electron chi connectivity index (χ3n) is 3.05. The average Bonchev–Trinajstić information content (AvgIpc) is 2.50. The SMILES string of the molecule is C=C(CC)COc1ccc(CNCCOC)cc1OCC. The molecule has 0 atom stereocenters. The van der Waals surface area contributed by atoms with Crippen molar-refractivity contribution in [1.82, 2.24) is 5.32 Å². The van der Waals surface area contributed by atoms with Crippen LogP contribution in [0.1, 0.15) is 25.8 Å². The minimum absolute atomic E-state index is 0.530. The molecule has 0 aliphatic heterocycles. The Balaban J connectivity index is 2.64. The molecule has 0 unspecified atom stereocenters.